The fraction of sp³-hybridized carbons (Fsp3) is 0.469. The zero-order valence-electron chi connectivity index (χ0n) is 25.5. The van der Waals surface area contributed by atoms with Gasteiger partial charge in [-0.25, -0.2) is 0 Å². The number of rotatable bonds is 2. The van der Waals surface area contributed by atoms with E-state index in [4.69, 9.17) is 14.2 Å². The summed E-state index contributed by atoms with van der Waals surface area (Å²) in [4.78, 5) is 37.4. The number of hydrogen-bond acceptors (Lipinski definition) is 10. The lowest BCUT2D eigenvalue weighted by Crippen LogP contribution is -2.25. The molecule has 0 atom stereocenters. The van der Waals surface area contributed by atoms with E-state index in [1.54, 1.807) is 48.5 Å². The Balaban J connectivity index is 1.45. The molecule has 3 aromatic rings. The van der Waals surface area contributed by atoms with Gasteiger partial charge in [-0.2, -0.15) is 28.1 Å². The first-order valence-corrected chi connectivity index (χ1v) is 15.4. The van der Waals surface area contributed by atoms with Crippen LogP contribution < -0.4 is 20.7 Å². The van der Waals surface area contributed by atoms with Crippen molar-refractivity contribution in [2.75, 3.05) is 50.2 Å². The number of amides is 1. The van der Waals surface area contributed by atoms with Crippen molar-refractivity contribution in [3.63, 3.8) is 0 Å². The molecule has 4 heterocycles. The number of anilines is 3. The van der Waals surface area contributed by atoms with Crippen LogP contribution in [0.4, 0.5) is 30.8 Å². The van der Waals surface area contributed by atoms with Gasteiger partial charge in [-0.3, -0.25) is 9.59 Å². The van der Waals surface area contributed by atoms with E-state index in [9.17, 15) is 22.8 Å². The number of alkyl halides is 3. The predicted molar refractivity (Wildman–Crippen MR) is 165 cm³/mol. The number of hydrogen-bond donors (Lipinski definition) is 3. The van der Waals surface area contributed by atoms with Crippen LogP contribution in [0.15, 0.2) is 48.5 Å². The third-order valence-corrected chi connectivity index (χ3v) is 6.93. The molecule has 0 spiro atoms. The fourth-order valence-corrected chi connectivity index (χ4v) is 4.49. The van der Waals surface area contributed by atoms with Gasteiger partial charge in [-0.1, -0.05) is 43.5 Å². The Bertz CT molecular complexity index is 1390. The summed E-state index contributed by atoms with van der Waals surface area (Å²) < 4.78 is 54.4. The summed E-state index contributed by atoms with van der Waals surface area (Å²) in [5.41, 5.74) is 2.34. The number of ether oxygens (including phenoxy) is 3. The molecule has 3 N–H and O–H groups in total. The van der Waals surface area contributed by atoms with Gasteiger partial charge >= 0.3 is 12.2 Å². The molecule has 0 saturated carbocycles. The van der Waals surface area contributed by atoms with E-state index in [1.165, 1.54) is 0 Å². The van der Waals surface area contributed by atoms with Crippen LogP contribution in [0.3, 0.4) is 0 Å². The summed E-state index contributed by atoms with van der Waals surface area (Å²) in [6.45, 7) is 1.27. The summed E-state index contributed by atoms with van der Waals surface area (Å²) in [7, 11) is 0. The van der Waals surface area contributed by atoms with E-state index >= 15 is 0 Å². The largest absolute Gasteiger partial charge is 0.454 e. The maximum atomic E-state index is 12.8. The number of benzene rings is 2. The van der Waals surface area contributed by atoms with Crippen LogP contribution in [0, 0.1) is 0 Å². The van der Waals surface area contributed by atoms with Gasteiger partial charge in [0, 0.05) is 49.5 Å². The average molecular weight is 645 g/mol. The molecule has 0 saturated heterocycles. The van der Waals surface area contributed by atoms with Gasteiger partial charge in [0.05, 0.1) is 13.2 Å². The molecule has 14 heteroatoms. The monoisotopic (exact) mass is 644 g/mol. The maximum absolute atomic E-state index is 12.8. The van der Waals surface area contributed by atoms with Gasteiger partial charge in [0.15, 0.2) is 12.4 Å². The first kappa shape index (κ1) is 34.6. The Labute approximate surface area is 265 Å². The summed E-state index contributed by atoms with van der Waals surface area (Å²) in [6.07, 6.45) is 1.34. The fourth-order valence-electron chi connectivity index (χ4n) is 4.49. The Hall–Kier alpha value is -4.30. The molecule has 6 rings (SSSR count). The normalized spacial score (nSPS) is 16.8. The second kappa shape index (κ2) is 18.0. The van der Waals surface area contributed by atoms with Crippen LogP contribution in [0.25, 0.3) is 0 Å². The molecule has 11 nitrogen and oxygen atoms in total. The predicted octanol–water partition coefficient (Wildman–Crippen LogP) is 5.86. The molecular weight excluding hydrogens is 605 g/mol. The standard InChI is InChI=1S/C32H39F3N6O5/c33-32(34,35)22-46-31-40-29-37-21-23-8-10-24(11-9-23)27(42)7-4-2-1-3-5-17-44-19-20-45-18-6-16-36-28(43)25-12-14-26(15-13-25)38-30(39-29)41-31/h8-15H,1-7,16-22H2,(H,36,43)(H2,37,38,39,40,41). The highest BCUT2D eigenvalue weighted by Gasteiger charge is 2.29. The Morgan fingerprint density at radius 2 is 1.37 bits per heavy atom. The first-order valence-electron chi connectivity index (χ1n) is 15.4. The minimum atomic E-state index is -4.58. The molecule has 2 aromatic carbocycles. The van der Waals surface area contributed by atoms with Crippen molar-refractivity contribution in [1.82, 2.24) is 20.3 Å². The Morgan fingerprint density at radius 1 is 0.717 bits per heavy atom. The van der Waals surface area contributed by atoms with Crippen LogP contribution in [-0.4, -0.2) is 72.4 Å². The van der Waals surface area contributed by atoms with Crippen molar-refractivity contribution in [2.45, 2.75) is 57.7 Å². The number of nitrogens with zero attached hydrogens (tertiary/aromatic N) is 3. The van der Waals surface area contributed by atoms with Crippen molar-refractivity contribution >= 4 is 29.3 Å². The number of aromatic nitrogens is 3. The van der Waals surface area contributed by atoms with Crippen molar-refractivity contribution in [2.24, 2.45) is 0 Å². The summed E-state index contributed by atoms with van der Waals surface area (Å²) in [5.74, 6) is -0.256. The minimum absolute atomic E-state index is 0.0169. The highest BCUT2D eigenvalue weighted by atomic mass is 19.4. The molecule has 0 unspecified atom stereocenters. The molecule has 0 radical (unpaired) electrons. The number of carbonyl (C=O) groups is 2. The zero-order valence-corrected chi connectivity index (χ0v) is 25.5. The molecule has 6 bridgehead atoms. The van der Waals surface area contributed by atoms with Crippen LogP contribution in [0.2, 0.25) is 0 Å². The van der Waals surface area contributed by atoms with E-state index in [0.29, 0.717) is 62.6 Å². The lowest BCUT2D eigenvalue weighted by atomic mass is 10.0. The molecule has 0 fully saturated rings. The van der Waals surface area contributed by atoms with Gasteiger partial charge in [0.1, 0.15) is 0 Å². The number of carbonyl (C=O) groups excluding carboxylic acids is 2. The van der Waals surface area contributed by atoms with E-state index in [1.807, 2.05) is 0 Å². The number of Topliss-reactive ketones (excluding diaryl/α,β-unsaturated/α-hetero) is 1. The number of nitrogens with one attached hydrogen (secondary N) is 3. The lowest BCUT2D eigenvalue weighted by Gasteiger charge is -2.12. The SMILES string of the molecule is O=C1CCCCCCCOCCOCCCNC(=O)c2ccc(cc2)Nc2nc(nc(OCC(F)(F)F)n2)NCc2ccc1cc2. The molecule has 1 aromatic heterocycles. The summed E-state index contributed by atoms with van der Waals surface area (Å²) >= 11 is 0. The van der Waals surface area contributed by atoms with Crippen molar-refractivity contribution in [3.05, 3.63) is 65.2 Å². The van der Waals surface area contributed by atoms with E-state index < -0.39 is 18.8 Å². The van der Waals surface area contributed by atoms with Crippen molar-refractivity contribution < 1.29 is 37.0 Å². The molecule has 3 aliphatic rings. The van der Waals surface area contributed by atoms with Crippen molar-refractivity contribution in [1.29, 1.82) is 0 Å². The minimum Gasteiger partial charge on any atom is -0.454 e. The van der Waals surface area contributed by atoms with E-state index in [-0.39, 0.29) is 30.1 Å². The summed E-state index contributed by atoms with van der Waals surface area (Å²) in [6, 6.07) is 13.0. The van der Waals surface area contributed by atoms with Gasteiger partial charge in [-0.05, 0) is 49.1 Å². The highest BCUT2D eigenvalue weighted by Crippen LogP contribution is 2.21. The third kappa shape index (κ3) is 12.6. The van der Waals surface area contributed by atoms with Crippen LogP contribution >= 0.6 is 0 Å². The highest BCUT2D eigenvalue weighted by molar-refractivity contribution is 5.96. The molecule has 46 heavy (non-hydrogen) atoms. The van der Waals surface area contributed by atoms with Gasteiger partial charge in [0.25, 0.3) is 5.91 Å². The second-order valence-corrected chi connectivity index (χ2v) is 10.7. The first-order chi connectivity index (χ1) is 22.2. The Morgan fingerprint density at radius 3 is 2.11 bits per heavy atom. The Kier molecular flexibility index (Phi) is 13.5. The lowest BCUT2D eigenvalue weighted by molar-refractivity contribution is -0.154. The summed E-state index contributed by atoms with van der Waals surface area (Å²) in [5, 5.41) is 8.73. The van der Waals surface area contributed by atoms with Gasteiger partial charge in [0.2, 0.25) is 11.9 Å². The van der Waals surface area contributed by atoms with Gasteiger partial charge < -0.3 is 30.2 Å². The smallest absolute Gasteiger partial charge is 0.422 e. The number of ketones is 1. The third-order valence-electron chi connectivity index (χ3n) is 6.93. The molecule has 0 aliphatic carbocycles. The topological polar surface area (TPSA) is 137 Å². The van der Waals surface area contributed by atoms with Gasteiger partial charge in [-0.15, -0.1) is 0 Å². The van der Waals surface area contributed by atoms with E-state index in [0.717, 1.165) is 37.7 Å². The number of halogens is 3. The molecular formula is C32H39F3N6O5. The van der Waals surface area contributed by atoms with E-state index in [2.05, 4.69) is 30.9 Å². The molecule has 3 aliphatic heterocycles. The average Bonchev–Trinajstić information content (AvgIpc) is 3.04. The quantitative estimate of drug-likeness (QED) is 0.311. The maximum Gasteiger partial charge on any atom is 0.422 e. The van der Waals surface area contributed by atoms with Crippen LogP contribution in [-0.2, 0) is 16.0 Å². The van der Waals surface area contributed by atoms with Crippen molar-refractivity contribution in [3.8, 4) is 6.01 Å². The van der Waals surface area contributed by atoms with Crippen LogP contribution in [0.1, 0.15) is 71.2 Å². The molecule has 248 valence electrons. The number of fused-ring (bicyclic) bond motifs is 2. The molecule has 1 amide bonds. The zero-order chi connectivity index (χ0) is 32.6. The van der Waals surface area contributed by atoms with Crippen LogP contribution in [0.5, 0.6) is 6.01 Å². The second-order valence-electron chi connectivity index (χ2n) is 10.7.